The molecule has 0 bridgehead atoms. The second-order valence-corrected chi connectivity index (χ2v) is 9.89. The normalized spacial score (nSPS) is 18.7. The van der Waals surface area contributed by atoms with Gasteiger partial charge in [-0.25, -0.2) is 18.4 Å². The molecule has 2 aliphatic rings. The molecule has 2 N–H and O–H groups in total. The highest BCUT2D eigenvalue weighted by atomic mass is 32.2. The Kier molecular flexibility index (Phi) is 5.19. The van der Waals surface area contributed by atoms with E-state index in [1.165, 1.54) is 12.8 Å². The molecule has 1 amide bonds. The van der Waals surface area contributed by atoms with E-state index < -0.39 is 9.84 Å². The number of amides is 1. The van der Waals surface area contributed by atoms with E-state index >= 15 is 0 Å². The van der Waals surface area contributed by atoms with E-state index in [1.54, 1.807) is 0 Å². The Balaban J connectivity index is 1.72. The molecular formula is C21H25N3O3S. The van der Waals surface area contributed by atoms with Crippen LogP contribution in [0.2, 0.25) is 0 Å². The van der Waals surface area contributed by atoms with Crippen molar-refractivity contribution >= 4 is 15.7 Å². The van der Waals surface area contributed by atoms with Crippen LogP contribution >= 0.6 is 0 Å². The van der Waals surface area contributed by atoms with Gasteiger partial charge >= 0.3 is 0 Å². The number of nitrogens with two attached hydrogens (primary N) is 1. The number of carbonyl (C=O) groups excluding carboxylic acids is 1. The van der Waals surface area contributed by atoms with E-state index in [9.17, 15) is 13.2 Å². The van der Waals surface area contributed by atoms with Gasteiger partial charge < -0.3 is 5.73 Å². The quantitative estimate of drug-likeness (QED) is 0.832. The fourth-order valence-corrected chi connectivity index (χ4v) is 6.00. The maximum Gasteiger partial charge on any atom is 0.221 e. The van der Waals surface area contributed by atoms with Crippen LogP contribution in [0.15, 0.2) is 29.2 Å². The van der Waals surface area contributed by atoms with Gasteiger partial charge in [0.2, 0.25) is 5.91 Å². The number of aromatic nitrogens is 2. The van der Waals surface area contributed by atoms with Crippen molar-refractivity contribution < 1.29 is 13.2 Å². The van der Waals surface area contributed by atoms with Gasteiger partial charge in [-0.3, -0.25) is 4.79 Å². The monoisotopic (exact) mass is 399 g/mol. The summed E-state index contributed by atoms with van der Waals surface area (Å²) in [5.41, 5.74) is 8.38. The lowest BCUT2D eigenvalue weighted by Gasteiger charge is -2.21. The second kappa shape index (κ2) is 7.62. The predicted molar refractivity (Wildman–Crippen MR) is 106 cm³/mol. The summed E-state index contributed by atoms with van der Waals surface area (Å²) in [5, 5.41) is 0. The first-order valence-electron chi connectivity index (χ1n) is 9.91. The Morgan fingerprint density at radius 2 is 1.71 bits per heavy atom. The van der Waals surface area contributed by atoms with E-state index in [2.05, 4.69) is 0 Å². The van der Waals surface area contributed by atoms with Gasteiger partial charge in [0.1, 0.15) is 10.7 Å². The number of aryl methyl sites for hydroxylation is 1. The minimum Gasteiger partial charge on any atom is -0.369 e. The fraction of sp³-hybridized carbons (Fsp3) is 0.476. The molecule has 1 aliphatic heterocycles. The van der Waals surface area contributed by atoms with Crippen LogP contribution in [-0.2, 0) is 33.9 Å². The van der Waals surface area contributed by atoms with Gasteiger partial charge in [0, 0.05) is 12.3 Å². The zero-order chi connectivity index (χ0) is 19.7. The molecule has 1 aromatic heterocycles. The first kappa shape index (κ1) is 19.1. The Hall–Kier alpha value is -2.28. The third-order valence-corrected chi connectivity index (χ3v) is 7.57. The van der Waals surface area contributed by atoms with E-state index in [0.29, 0.717) is 41.5 Å². The number of hydrogen-bond acceptors (Lipinski definition) is 5. The minimum atomic E-state index is -3.34. The molecule has 0 atom stereocenters. The van der Waals surface area contributed by atoms with Crippen LogP contribution in [0.1, 0.15) is 66.4 Å². The van der Waals surface area contributed by atoms with Crippen molar-refractivity contribution in [2.24, 2.45) is 5.73 Å². The number of carbonyl (C=O) groups is 1. The van der Waals surface area contributed by atoms with Gasteiger partial charge in [-0.05, 0) is 36.8 Å². The Morgan fingerprint density at radius 3 is 2.39 bits per heavy atom. The fourth-order valence-electron chi connectivity index (χ4n) is 4.29. The van der Waals surface area contributed by atoms with Gasteiger partial charge in [0.15, 0.2) is 9.84 Å². The van der Waals surface area contributed by atoms with Crippen molar-refractivity contribution in [2.75, 3.05) is 5.75 Å². The van der Waals surface area contributed by atoms with Crippen LogP contribution in [0.3, 0.4) is 0 Å². The third-order valence-electron chi connectivity index (χ3n) is 5.65. The van der Waals surface area contributed by atoms with Gasteiger partial charge in [0.25, 0.3) is 0 Å². The molecule has 28 heavy (non-hydrogen) atoms. The first-order valence-corrected chi connectivity index (χ1v) is 11.6. The Labute approximate surface area is 165 Å². The number of hydrogen-bond donors (Lipinski definition) is 1. The van der Waals surface area contributed by atoms with E-state index in [-0.39, 0.29) is 18.1 Å². The van der Waals surface area contributed by atoms with Crippen LogP contribution in [0.25, 0.3) is 0 Å². The average molecular weight is 400 g/mol. The average Bonchev–Trinajstić information content (AvgIpc) is 3.17. The van der Waals surface area contributed by atoms with Crippen LogP contribution in [0, 0.1) is 0 Å². The molecule has 7 heteroatoms. The molecule has 4 rings (SSSR count). The molecule has 2 heterocycles. The number of benzene rings is 1. The standard InChI is InChI=1S/C21H25N3O3S/c22-19(25)13-15-9-7-14(8-10-15)12-18-20-17(6-3-11-28(20,26)27)23-21(24-18)16-4-1-2-5-16/h7-10,16H,1-6,11-13H2,(H2,22,25). The lowest BCUT2D eigenvalue weighted by Crippen LogP contribution is -2.22. The summed E-state index contributed by atoms with van der Waals surface area (Å²) in [6, 6.07) is 7.55. The molecule has 1 aliphatic carbocycles. The number of rotatable bonds is 5. The van der Waals surface area contributed by atoms with E-state index in [4.69, 9.17) is 15.7 Å². The van der Waals surface area contributed by atoms with Gasteiger partial charge in [-0.1, -0.05) is 37.1 Å². The maximum absolute atomic E-state index is 12.8. The Bertz CT molecular complexity index is 994. The van der Waals surface area contributed by atoms with Gasteiger partial charge in [-0.2, -0.15) is 0 Å². The van der Waals surface area contributed by atoms with E-state index in [1.807, 2.05) is 24.3 Å². The van der Waals surface area contributed by atoms with Crippen LogP contribution in [0.5, 0.6) is 0 Å². The molecule has 1 saturated carbocycles. The zero-order valence-corrected chi connectivity index (χ0v) is 16.7. The summed E-state index contributed by atoms with van der Waals surface area (Å²) in [5.74, 6) is 0.946. The number of nitrogens with zero attached hydrogens (tertiary/aromatic N) is 2. The van der Waals surface area contributed by atoms with Gasteiger partial charge in [-0.15, -0.1) is 0 Å². The zero-order valence-electron chi connectivity index (χ0n) is 15.9. The Morgan fingerprint density at radius 1 is 1.04 bits per heavy atom. The molecule has 0 spiro atoms. The second-order valence-electron chi connectivity index (χ2n) is 7.84. The molecule has 1 fully saturated rings. The van der Waals surface area contributed by atoms with Crippen LogP contribution < -0.4 is 5.73 Å². The largest absolute Gasteiger partial charge is 0.369 e. The topological polar surface area (TPSA) is 103 Å². The van der Waals surface area contributed by atoms with Crippen molar-refractivity contribution in [1.82, 2.24) is 9.97 Å². The molecule has 148 valence electrons. The molecule has 0 saturated heterocycles. The van der Waals surface area contributed by atoms with Crippen molar-refractivity contribution in [2.45, 2.75) is 62.2 Å². The van der Waals surface area contributed by atoms with Crippen molar-refractivity contribution in [3.63, 3.8) is 0 Å². The smallest absolute Gasteiger partial charge is 0.221 e. The highest BCUT2D eigenvalue weighted by Crippen LogP contribution is 2.35. The maximum atomic E-state index is 12.8. The minimum absolute atomic E-state index is 0.163. The summed E-state index contributed by atoms with van der Waals surface area (Å²) < 4.78 is 25.5. The lowest BCUT2D eigenvalue weighted by molar-refractivity contribution is -0.117. The molecular weight excluding hydrogens is 374 g/mol. The third kappa shape index (κ3) is 3.94. The first-order chi connectivity index (χ1) is 13.4. The molecule has 2 aromatic rings. The number of sulfone groups is 1. The summed E-state index contributed by atoms with van der Waals surface area (Å²) >= 11 is 0. The van der Waals surface area contributed by atoms with Gasteiger partial charge in [0.05, 0.1) is 23.6 Å². The summed E-state index contributed by atoms with van der Waals surface area (Å²) in [6.45, 7) is 0. The predicted octanol–water partition coefficient (Wildman–Crippen LogP) is 2.47. The molecule has 1 aromatic carbocycles. The number of fused-ring (bicyclic) bond motifs is 1. The van der Waals surface area contributed by atoms with Crippen LogP contribution in [-0.4, -0.2) is 30.0 Å². The summed E-state index contributed by atoms with van der Waals surface area (Å²) in [7, 11) is -3.34. The summed E-state index contributed by atoms with van der Waals surface area (Å²) in [6.07, 6.45) is 6.48. The summed E-state index contributed by atoms with van der Waals surface area (Å²) in [4.78, 5) is 20.9. The van der Waals surface area contributed by atoms with Crippen LogP contribution in [0.4, 0.5) is 0 Å². The lowest BCUT2D eigenvalue weighted by atomic mass is 10.0. The molecule has 6 nitrogen and oxygen atoms in total. The molecule has 0 unspecified atom stereocenters. The highest BCUT2D eigenvalue weighted by molar-refractivity contribution is 7.91. The molecule has 0 radical (unpaired) electrons. The van der Waals surface area contributed by atoms with E-state index in [0.717, 1.165) is 29.8 Å². The number of primary amides is 1. The van der Waals surface area contributed by atoms with Crippen molar-refractivity contribution in [3.05, 3.63) is 52.6 Å². The SMILES string of the molecule is NC(=O)Cc1ccc(Cc2nc(C3CCCC3)nc3c2S(=O)(=O)CCC3)cc1. The van der Waals surface area contributed by atoms with Crippen molar-refractivity contribution in [3.8, 4) is 0 Å². The highest BCUT2D eigenvalue weighted by Gasteiger charge is 2.31. The van der Waals surface area contributed by atoms with Crippen molar-refractivity contribution in [1.29, 1.82) is 0 Å².